The molecular formula is C23H25ClF3N3O5S. The summed E-state index contributed by atoms with van der Waals surface area (Å²) in [7, 11) is -3.97. The maximum Gasteiger partial charge on any atom is 0.417 e. The van der Waals surface area contributed by atoms with Crippen molar-refractivity contribution < 1.29 is 35.9 Å². The van der Waals surface area contributed by atoms with Gasteiger partial charge in [0.1, 0.15) is 16.5 Å². The van der Waals surface area contributed by atoms with Crippen molar-refractivity contribution in [2.24, 2.45) is 0 Å². The summed E-state index contributed by atoms with van der Waals surface area (Å²) >= 11 is 5.98. The van der Waals surface area contributed by atoms with Crippen LogP contribution in [0.1, 0.15) is 44.7 Å². The van der Waals surface area contributed by atoms with Crippen LogP contribution in [-0.4, -0.2) is 42.8 Å². The van der Waals surface area contributed by atoms with Crippen LogP contribution in [0.15, 0.2) is 36.0 Å². The molecule has 13 heteroatoms. The highest BCUT2D eigenvalue weighted by molar-refractivity contribution is 7.87. The summed E-state index contributed by atoms with van der Waals surface area (Å²) in [6, 6.07) is 5.31. The first-order chi connectivity index (χ1) is 16.8. The molecule has 1 aliphatic rings. The van der Waals surface area contributed by atoms with E-state index in [1.807, 2.05) is 4.72 Å². The number of carbonyl (C=O) groups excluding carboxylic acids is 1. The lowest BCUT2D eigenvalue weighted by Crippen LogP contribution is -2.42. The van der Waals surface area contributed by atoms with Gasteiger partial charge >= 0.3 is 16.4 Å². The first-order valence-corrected chi connectivity index (χ1v) is 12.8. The monoisotopic (exact) mass is 547 g/mol. The van der Waals surface area contributed by atoms with E-state index in [1.165, 1.54) is 23.4 Å². The summed E-state index contributed by atoms with van der Waals surface area (Å²) < 4.78 is 78.3. The van der Waals surface area contributed by atoms with Gasteiger partial charge in [-0.2, -0.15) is 25.9 Å². The van der Waals surface area contributed by atoms with E-state index in [9.17, 15) is 26.4 Å². The number of halogens is 4. The quantitative estimate of drug-likeness (QED) is 0.457. The van der Waals surface area contributed by atoms with E-state index >= 15 is 0 Å². The average molecular weight is 548 g/mol. The van der Waals surface area contributed by atoms with Crippen LogP contribution in [0, 0.1) is 0 Å². The third-order valence-electron chi connectivity index (χ3n) is 5.05. The number of rotatable bonds is 8. The van der Waals surface area contributed by atoms with Crippen LogP contribution >= 0.6 is 11.6 Å². The normalized spacial score (nSPS) is 15.3. The Morgan fingerprint density at radius 3 is 2.47 bits per heavy atom. The number of pyridine rings is 1. The summed E-state index contributed by atoms with van der Waals surface area (Å²) in [5.41, 5.74) is -0.676. The van der Waals surface area contributed by atoms with E-state index in [0.717, 1.165) is 12.8 Å². The van der Waals surface area contributed by atoms with Crippen molar-refractivity contribution in [3.63, 3.8) is 0 Å². The predicted octanol–water partition coefficient (Wildman–Crippen LogP) is 5.19. The SMILES string of the molecule is CC(=Cc1ccc(OC(C)C)cc1Oc1ncc(C(F)(F)F)cc1Cl)C(=O)NS(=O)(=O)N1CCCC1. The van der Waals surface area contributed by atoms with Gasteiger partial charge in [0.2, 0.25) is 5.88 Å². The highest BCUT2D eigenvalue weighted by Gasteiger charge is 2.32. The largest absolute Gasteiger partial charge is 0.491 e. The fraction of sp³-hybridized carbons (Fsp3) is 0.391. The molecule has 0 atom stereocenters. The number of aromatic nitrogens is 1. The number of amides is 1. The smallest absolute Gasteiger partial charge is 0.417 e. The van der Waals surface area contributed by atoms with E-state index in [-0.39, 0.29) is 28.3 Å². The zero-order valence-electron chi connectivity index (χ0n) is 19.7. The van der Waals surface area contributed by atoms with Gasteiger partial charge in [0.25, 0.3) is 5.91 Å². The summed E-state index contributed by atoms with van der Waals surface area (Å²) in [5, 5.41) is -0.374. The van der Waals surface area contributed by atoms with E-state index < -0.39 is 27.9 Å². The molecule has 196 valence electrons. The molecule has 1 N–H and O–H groups in total. The van der Waals surface area contributed by atoms with Crippen molar-refractivity contribution in [2.75, 3.05) is 13.1 Å². The topological polar surface area (TPSA) is 97.8 Å². The second-order valence-corrected chi connectivity index (χ2v) is 10.4. The Morgan fingerprint density at radius 2 is 1.89 bits per heavy atom. The number of hydrogen-bond donors (Lipinski definition) is 1. The Labute approximate surface area is 212 Å². The Morgan fingerprint density at radius 1 is 1.22 bits per heavy atom. The lowest BCUT2D eigenvalue weighted by atomic mass is 10.1. The van der Waals surface area contributed by atoms with Gasteiger partial charge in [0.05, 0.1) is 11.7 Å². The minimum atomic E-state index is -4.63. The number of nitrogens with zero attached hydrogens (tertiary/aromatic N) is 2. The van der Waals surface area contributed by atoms with E-state index in [1.54, 1.807) is 26.0 Å². The highest BCUT2D eigenvalue weighted by Crippen LogP contribution is 2.37. The van der Waals surface area contributed by atoms with Crippen molar-refractivity contribution in [2.45, 2.75) is 45.9 Å². The summed E-state index contributed by atoms with van der Waals surface area (Å²) in [4.78, 5) is 16.3. The standard InChI is InChI=1S/C23H25ClF3N3O5S/c1-14(2)34-18-7-6-16(10-15(3)21(31)29-36(32,33)30-8-4-5-9-30)20(12-18)35-22-19(24)11-17(13-28-22)23(25,26)27/h6-7,10-14H,4-5,8-9H2,1-3H3,(H,29,31). The second-order valence-electron chi connectivity index (χ2n) is 8.35. The molecular weight excluding hydrogens is 523 g/mol. The molecule has 1 aromatic heterocycles. The van der Waals surface area contributed by atoms with Crippen molar-refractivity contribution >= 4 is 33.8 Å². The number of benzene rings is 1. The van der Waals surface area contributed by atoms with Gasteiger partial charge in [-0.1, -0.05) is 11.6 Å². The van der Waals surface area contributed by atoms with Crippen molar-refractivity contribution in [3.8, 4) is 17.4 Å². The van der Waals surface area contributed by atoms with Crippen LogP contribution < -0.4 is 14.2 Å². The third kappa shape index (κ3) is 7.11. The van der Waals surface area contributed by atoms with Gasteiger partial charge in [0.15, 0.2) is 0 Å². The Bertz CT molecular complexity index is 1260. The Hall–Kier alpha value is -2.83. The molecule has 2 aromatic rings. The van der Waals surface area contributed by atoms with Crippen molar-refractivity contribution in [1.82, 2.24) is 14.0 Å². The van der Waals surface area contributed by atoms with Crippen LogP contribution in [-0.2, 0) is 21.2 Å². The second kappa shape index (κ2) is 11.1. The zero-order chi connectivity index (χ0) is 26.7. The predicted molar refractivity (Wildman–Crippen MR) is 128 cm³/mol. The van der Waals surface area contributed by atoms with Crippen LogP contribution in [0.4, 0.5) is 13.2 Å². The lowest BCUT2D eigenvalue weighted by Gasteiger charge is -2.17. The first kappa shape index (κ1) is 27.8. The van der Waals surface area contributed by atoms with Crippen LogP contribution in [0.3, 0.4) is 0 Å². The molecule has 3 rings (SSSR count). The van der Waals surface area contributed by atoms with Crippen molar-refractivity contribution in [3.05, 3.63) is 52.2 Å². The molecule has 0 saturated carbocycles. The van der Waals surface area contributed by atoms with E-state index in [2.05, 4.69) is 4.98 Å². The Balaban J connectivity index is 1.91. The number of carbonyl (C=O) groups is 1. The van der Waals surface area contributed by atoms with Gasteiger partial charge in [-0.3, -0.25) is 4.79 Å². The lowest BCUT2D eigenvalue weighted by molar-refractivity contribution is -0.137. The number of ether oxygens (including phenoxy) is 2. The van der Waals surface area contributed by atoms with Crippen LogP contribution in [0.25, 0.3) is 6.08 Å². The van der Waals surface area contributed by atoms with E-state index in [4.69, 9.17) is 21.1 Å². The molecule has 0 bridgehead atoms. The van der Waals surface area contributed by atoms with Gasteiger partial charge < -0.3 is 9.47 Å². The molecule has 0 radical (unpaired) electrons. The minimum absolute atomic E-state index is 0.0478. The molecule has 1 amide bonds. The fourth-order valence-corrected chi connectivity index (χ4v) is 4.79. The van der Waals surface area contributed by atoms with Crippen LogP contribution in [0.5, 0.6) is 17.4 Å². The molecule has 1 fully saturated rings. The molecule has 0 unspecified atom stereocenters. The van der Waals surface area contributed by atoms with Crippen LogP contribution in [0.2, 0.25) is 5.02 Å². The molecule has 8 nitrogen and oxygen atoms in total. The maximum atomic E-state index is 13.0. The molecule has 0 aliphatic carbocycles. The fourth-order valence-electron chi connectivity index (χ4n) is 3.32. The summed E-state index contributed by atoms with van der Waals surface area (Å²) in [5.74, 6) is -0.656. The summed E-state index contributed by atoms with van der Waals surface area (Å²) in [6.45, 7) is 5.69. The van der Waals surface area contributed by atoms with Gasteiger partial charge in [-0.25, -0.2) is 9.71 Å². The number of nitrogens with one attached hydrogen (secondary N) is 1. The molecule has 1 aromatic carbocycles. The molecule has 2 heterocycles. The highest BCUT2D eigenvalue weighted by atomic mass is 35.5. The third-order valence-corrected chi connectivity index (χ3v) is 6.81. The molecule has 0 spiro atoms. The maximum absolute atomic E-state index is 13.0. The molecule has 36 heavy (non-hydrogen) atoms. The van der Waals surface area contributed by atoms with Gasteiger partial charge in [0, 0.05) is 36.5 Å². The zero-order valence-corrected chi connectivity index (χ0v) is 21.3. The molecule has 1 aliphatic heterocycles. The number of hydrogen-bond acceptors (Lipinski definition) is 6. The molecule has 1 saturated heterocycles. The number of alkyl halides is 3. The minimum Gasteiger partial charge on any atom is -0.491 e. The van der Waals surface area contributed by atoms with E-state index in [0.29, 0.717) is 36.7 Å². The van der Waals surface area contributed by atoms with Gasteiger partial charge in [-0.05, 0) is 57.9 Å². The summed E-state index contributed by atoms with van der Waals surface area (Å²) in [6.07, 6.45) is -1.41. The average Bonchev–Trinajstić information content (AvgIpc) is 3.31. The Kier molecular flexibility index (Phi) is 8.52. The van der Waals surface area contributed by atoms with Crippen molar-refractivity contribution in [1.29, 1.82) is 0 Å². The van der Waals surface area contributed by atoms with Gasteiger partial charge in [-0.15, -0.1) is 0 Å². The first-order valence-electron chi connectivity index (χ1n) is 11.0.